The Balaban J connectivity index is 1.63. The Kier molecular flexibility index (Phi) is 4.62. The molecule has 122 valence electrons. The van der Waals surface area contributed by atoms with Crippen molar-refractivity contribution in [3.8, 4) is 11.4 Å². The second-order valence-electron chi connectivity index (χ2n) is 5.07. The van der Waals surface area contributed by atoms with Gasteiger partial charge in [0.1, 0.15) is 5.82 Å². The van der Waals surface area contributed by atoms with Crippen LogP contribution in [-0.2, 0) is 0 Å². The molecule has 0 saturated heterocycles. The fourth-order valence-electron chi connectivity index (χ4n) is 2.09. The SMILES string of the molecule is O=C(NCC(O)c1ccccc1)c1nc(-c2ccc(F)cc2)no1. The third kappa shape index (κ3) is 3.64. The highest BCUT2D eigenvalue weighted by molar-refractivity contribution is 5.89. The van der Waals surface area contributed by atoms with Gasteiger partial charge in [0.2, 0.25) is 5.82 Å². The number of benzene rings is 2. The van der Waals surface area contributed by atoms with Crippen LogP contribution in [0.1, 0.15) is 22.4 Å². The average molecular weight is 327 g/mol. The van der Waals surface area contributed by atoms with Crippen LogP contribution in [0.2, 0.25) is 0 Å². The van der Waals surface area contributed by atoms with Gasteiger partial charge in [0, 0.05) is 12.1 Å². The van der Waals surface area contributed by atoms with Gasteiger partial charge in [-0.2, -0.15) is 4.98 Å². The van der Waals surface area contributed by atoms with E-state index in [0.717, 1.165) is 0 Å². The number of aliphatic hydroxyl groups excluding tert-OH is 1. The molecule has 2 N–H and O–H groups in total. The van der Waals surface area contributed by atoms with Crippen LogP contribution in [0.4, 0.5) is 4.39 Å². The van der Waals surface area contributed by atoms with Crippen LogP contribution < -0.4 is 5.32 Å². The monoisotopic (exact) mass is 327 g/mol. The van der Waals surface area contributed by atoms with E-state index in [4.69, 9.17) is 4.52 Å². The van der Waals surface area contributed by atoms with E-state index in [-0.39, 0.29) is 24.1 Å². The topological polar surface area (TPSA) is 88.2 Å². The van der Waals surface area contributed by atoms with Gasteiger partial charge in [-0.1, -0.05) is 35.5 Å². The minimum Gasteiger partial charge on any atom is -0.387 e. The first-order valence-electron chi connectivity index (χ1n) is 7.24. The number of rotatable bonds is 5. The lowest BCUT2D eigenvalue weighted by Gasteiger charge is -2.10. The zero-order valence-electron chi connectivity index (χ0n) is 12.5. The normalized spacial score (nSPS) is 11.9. The number of nitrogens with zero attached hydrogens (tertiary/aromatic N) is 2. The van der Waals surface area contributed by atoms with Crippen molar-refractivity contribution >= 4 is 5.91 Å². The average Bonchev–Trinajstić information content (AvgIpc) is 3.11. The molecule has 0 aliphatic rings. The van der Waals surface area contributed by atoms with E-state index >= 15 is 0 Å². The first-order valence-corrected chi connectivity index (χ1v) is 7.24. The number of aliphatic hydroxyl groups is 1. The van der Waals surface area contributed by atoms with Crippen molar-refractivity contribution in [2.75, 3.05) is 6.54 Å². The number of halogens is 1. The zero-order valence-corrected chi connectivity index (χ0v) is 12.5. The minimum absolute atomic E-state index is 0.0110. The van der Waals surface area contributed by atoms with E-state index < -0.39 is 12.0 Å². The fourth-order valence-corrected chi connectivity index (χ4v) is 2.09. The molecule has 0 bridgehead atoms. The first kappa shape index (κ1) is 15.8. The molecule has 6 nitrogen and oxygen atoms in total. The van der Waals surface area contributed by atoms with E-state index in [1.54, 1.807) is 24.3 Å². The summed E-state index contributed by atoms with van der Waals surface area (Å²) in [7, 11) is 0. The number of aromatic nitrogens is 2. The van der Waals surface area contributed by atoms with Crippen LogP contribution in [0, 0.1) is 5.82 Å². The lowest BCUT2D eigenvalue weighted by Crippen LogP contribution is -2.28. The highest BCUT2D eigenvalue weighted by atomic mass is 19.1. The standard InChI is InChI=1S/C17H14FN3O3/c18-13-8-6-12(7-9-13)15-20-17(24-21-15)16(23)19-10-14(22)11-4-2-1-3-5-11/h1-9,14,22H,10H2,(H,19,23). The molecule has 1 amide bonds. The van der Waals surface area contributed by atoms with Gasteiger partial charge >= 0.3 is 11.8 Å². The van der Waals surface area contributed by atoms with E-state index in [2.05, 4.69) is 15.5 Å². The van der Waals surface area contributed by atoms with Gasteiger partial charge in [-0.25, -0.2) is 4.39 Å². The summed E-state index contributed by atoms with van der Waals surface area (Å²) >= 11 is 0. The number of nitrogens with one attached hydrogen (secondary N) is 1. The number of carbonyl (C=O) groups excluding carboxylic acids is 1. The molecule has 2 aromatic carbocycles. The van der Waals surface area contributed by atoms with Crippen LogP contribution >= 0.6 is 0 Å². The fraction of sp³-hybridized carbons (Fsp3) is 0.118. The Hall–Kier alpha value is -3.06. The van der Waals surface area contributed by atoms with Gasteiger partial charge in [0.15, 0.2) is 0 Å². The highest BCUT2D eigenvalue weighted by Crippen LogP contribution is 2.16. The molecule has 1 heterocycles. The lowest BCUT2D eigenvalue weighted by atomic mass is 10.1. The summed E-state index contributed by atoms with van der Waals surface area (Å²) in [5, 5.41) is 16.2. The Bertz CT molecular complexity index is 819. The first-order chi connectivity index (χ1) is 11.6. The van der Waals surface area contributed by atoms with Crippen molar-refractivity contribution in [2.45, 2.75) is 6.10 Å². The molecule has 3 aromatic rings. The van der Waals surface area contributed by atoms with Crippen molar-refractivity contribution < 1.29 is 18.8 Å². The molecule has 0 aliphatic heterocycles. The van der Waals surface area contributed by atoms with Gasteiger partial charge in [-0.15, -0.1) is 0 Å². The molecule has 1 aromatic heterocycles. The summed E-state index contributed by atoms with van der Waals surface area (Å²) in [6.45, 7) is 0.0110. The molecule has 7 heteroatoms. The predicted octanol–water partition coefficient (Wildman–Crippen LogP) is 2.34. The number of amides is 1. The molecule has 3 rings (SSSR count). The van der Waals surface area contributed by atoms with E-state index in [1.165, 1.54) is 24.3 Å². The van der Waals surface area contributed by atoms with Crippen LogP contribution in [0.25, 0.3) is 11.4 Å². The molecule has 0 saturated carbocycles. The molecule has 0 aliphatic carbocycles. The number of hydrogen-bond acceptors (Lipinski definition) is 5. The zero-order chi connectivity index (χ0) is 16.9. The Labute approximate surface area is 136 Å². The minimum atomic E-state index is -0.838. The Morgan fingerprint density at radius 1 is 1.17 bits per heavy atom. The number of carbonyl (C=O) groups is 1. The maximum Gasteiger partial charge on any atom is 0.316 e. The molecule has 1 unspecified atom stereocenters. The second kappa shape index (κ2) is 7.01. The molecule has 0 fully saturated rings. The Morgan fingerprint density at radius 2 is 1.88 bits per heavy atom. The van der Waals surface area contributed by atoms with Gasteiger partial charge in [-0.3, -0.25) is 4.79 Å². The predicted molar refractivity (Wildman–Crippen MR) is 83.4 cm³/mol. The van der Waals surface area contributed by atoms with Crippen molar-refractivity contribution in [1.29, 1.82) is 0 Å². The van der Waals surface area contributed by atoms with Crippen molar-refractivity contribution in [1.82, 2.24) is 15.5 Å². The van der Waals surface area contributed by atoms with Crippen molar-refractivity contribution in [2.24, 2.45) is 0 Å². The largest absolute Gasteiger partial charge is 0.387 e. The summed E-state index contributed by atoms with van der Waals surface area (Å²) in [6, 6.07) is 14.5. The number of hydrogen-bond donors (Lipinski definition) is 2. The smallest absolute Gasteiger partial charge is 0.316 e. The molecular formula is C17H14FN3O3. The summed E-state index contributed by atoms with van der Waals surface area (Å²) < 4.78 is 17.8. The van der Waals surface area contributed by atoms with Crippen LogP contribution in [0.15, 0.2) is 59.1 Å². The third-order valence-corrected chi connectivity index (χ3v) is 3.36. The summed E-state index contributed by atoms with van der Waals surface area (Å²) in [4.78, 5) is 16.0. The Morgan fingerprint density at radius 3 is 2.58 bits per heavy atom. The van der Waals surface area contributed by atoms with E-state index in [1.807, 2.05) is 6.07 Å². The van der Waals surface area contributed by atoms with Crippen molar-refractivity contribution in [3.05, 3.63) is 71.9 Å². The van der Waals surface area contributed by atoms with Gasteiger partial charge < -0.3 is 14.9 Å². The molecule has 0 spiro atoms. The molecule has 1 atom stereocenters. The summed E-state index contributed by atoms with van der Waals surface area (Å²) in [5.74, 6) is -1.01. The van der Waals surface area contributed by atoms with E-state index in [9.17, 15) is 14.3 Å². The van der Waals surface area contributed by atoms with Crippen LogP contribution in [-0.4, -0.2) is 27.7 Å². The van der Waals surface area contributed by atoms with Crippen molar-refractivity contribution in [3.63, 3.8) is 0 Å². The maximum atomic E-state index is 12.9. The summed E-state index contributed by atoms with van der Waals surface area (Å²) in [6.07, 6.45) is -0.838. The second-order valence-corrected chi connectivity index (χ2v) is 5.07. The highest BCUT2D eigenvalue weighted by Gasteiger charge is 2.17. The van der Waals surface area contributed by atoms with E-state index in [0.29, 0.717) is 11.1 Å². The third-order valence-electron chi connectivity index (χ3n) is 3.36. The summed E-state index contributed by atoms with van der Waals surface area (Å²) in [5.41, 5.74) is 1.22. The van der Waals surface area contributed by atoms with Gasteiger partial charge in [0.05, 0.1) is 6.10 Å². The maximum absolute atomic E-state index is 12.9. The quantitative estimate of drug-likeness (QED) is 0.751. The van der Waals surface area contributed by atoms with Gasteiger partial charge in [0.25, 0.3) is 0 Å². The molecule has 0 radical (unpaired) electrons. The molecular weight excluding hydrogens is 313 g/mol. The molecule has 24 heavy (non-hydrogen) atoms. The van der Waals surface area contributed by atoms with Gasteiger partial charge in [-0.05, 0) is 29.8 Å². The lowest BCUT2D eigenvalue weighted by molar-refractivity contribution is 0.0873. The van der Waals surface area contributed by atoms with Crippen LogP contribution in [0.3, 0.4) is 0 Å². The van der Waals surface area contributed by atoms with Crippen LogP contribution in [0.5, 0.6) is 0 Å².